The highest BCUT2D eigenvalue weighted by Gasteiger charge is 2.81. The quantitative estimate of drug-likeness (QED) is 0.549. The molecule has 10 heteroatoms. The summed E-state index contributed by atoms with van der Waals surface area (Å²) >= 11 is 0. The lowest BCUT2D eigenvalue weighted by molar-refractivity contribution is -0.290. The molecule has 0 aromatic rings. The molecule has 0 aromatic carbocycles. The molecule has 1 aliphatic rings. The zero-order valence-electron chi connectivity index (χ0n) is 10.0. The van der Waals surface area contributed by atoms with E-state index in [0.717, 1.165) is 26.1 Å². The van der Waals surface area contributed by atoms with Crippen LogP contribution in [0.1, 0.15) is 20.8 Å². The van der Waals surface area contributed by atoms with E-state index in [0.29, 0.717) is 0 Å². The molecule has 0 aromatic heterocycles. The van der Waals surface area contributed by atoms with Crippen molar-refractivity contribution in [2.75, 3.05) is 0 Å². The largest absolute Gasteiger partial charge is 0.429 e. The summed E-state index contributed by atoms with van der Waals surface area (Å²) in [4.78, 5) is 22.8. The number of carbonyl (C=O) groups is 2. The number of imide groups is 1. The normalized spacial score (nSPS) is 20.8. The molecular weight excluding hydrogens is 282 g/mol. The van der Waals surface area contributed by atoms with E-state index in [1.54, 1.807) is 0 Å². The number of alkyl halides is 6. The van der Waals surface area contributed by atoms with E-state index in [1.165, 1.54) is 0 Å². The number of halogens is 6. The Morgan fingerprint density at radius 3 is 1.47 bits per heavy atom. The number of nitrogens with zero attached hydrogens (tertiary/aromatic N) is 1. The summed E-state index contributed by atoms with van der Waals surface area (Å²) < 4.78 is 76.3. The summed E-state index contributed by atoms with van der Waals surface area (Å²) in [6.45, 7) is 3.44. The van der Waals surface area contributed by atoms with Crippen LogP contribution >= 0.6 is 0 Å². The molecule has 0 atom stereocenters. The van der Waals surface area contributed by atoms with Gasteiger partial charge in [-0.3, -0.25) is 9.69 Å². The fourth-order valence-corrected chi connectivity index (χ4v) is 1.68. The van der Waals surface area contributed by atoms with Gasteiger partial charge in [0.15, 0.2) is 0 Å². The van der Waals surface area contributed by atoms with Gasteiger partial charge in [0.25, 0.3) is 5.91 Å². The molecule has 1 fully saturated rings. The van der Waals surface area contributed by atoms with Gasteiger partial charge in [-0.05, 0) is 20.8 Å². The lowest BCUT2D eigenvalue weighted by atomic mass is 9.96. The lowest BCUT2D eigenvalue weighted by Crippen LogP contribution is -2.68. The maximum Gasteiger partial charge on any atom is 0.429 e. The van der Waals surface area contributed by atoms with Crippen LogP contribution in [0.2, 0.25) is 0 Å². The third kappa shape index (κ3) is 2.02. The summed E-state index contributed by atoms with van der Waals surface area (Å²) in [5.41, 5.74) is -6.40. The molecule has 3 amide bonds. The molecule has 0 saturated carbocycles. The Kier molecular flexibility index (Phi) is 3.08. The van der Waals surface area contributed by atoms with Crippen molar-refractivity contribution in [2.24, 2.45) is 0 Å². The van der Waals surface area contributed by atoms with E-state index in [4.69, 9.17) is 0 Å². The predicted molar refractivity (Wildman–Crippen MR) is 50.0 cm³/mol. The van der Waals surface area contributed by atoms with Crippen LogP contribution in [0.4, 0.5) is 31.1 Å². The fraction of sp³-hybridized carbons (Fsp3) is 0.778. The standard InChI is InChI=1S/C9H10F6N2O2/c1-6(2,3)17-4(18)7(8(10,11)12,9(13,14)15)16-5(17)19/h1-3H3,(H,16,19). The molecule has 0 bridgehead atoms. The van der Waals surface area contributed by atoms with Crippen molar-refractivity contribution in [1.82, 2.24) is 10.2 Å². The second-order valence-electron chi connectivity index (χ2n) is 4.99. The third-order valence-electron chi connectivity index (χ3n) is 2.54. The van der Waals surface area contributed by atoms with Crippen LogP contribution in [0.25, 0.3) is 0 Å². The molecule has 19 heavy (non-hydrogen) atoms. The highest BCUT2D eigenvalue weighted by Crippen LogP contribution is 2.47. The molecular formula is C9H10F6N2O2. The van der Waals surface area contributed by atoms with Gasteiger partial charge in [0.2, 0.25) is 0 Å². The van der Waals surface area contributed by atoms with Gasteiger partial charge in [-0.15, -0.1) is 0 Å². The summed E-state index contributed by atoms with van der Waals surface area (Å²) in [5, 5.41) is 0.741. The Hall–Kier alpha value is -1.48. The van der Waals surface area contributed by atoms with Crippen molar-refractivity contribution in [2.45, 2.75) is 44.2 Å². The number of urea groups is 1. The predicted octanol–water partition coefficient (Wildman–Crippen LogP) is 2.20. The maximum atomic E-state index is 12.7. The number of carbonyl (C=O) groups excluding carboxylic acids is 2. The van der Waals surface area contributed by atoms with Gasteiger partial charge >= 0.3 is 23.9 Å². The first-order valence-corrected chi connectivity index (χ1v) is 4.96. The van der Waals surface area contributed by atoms with Crippen LogP contribution < -0.4 is 5.32 Å². The van der Waals surface area contributed by atoms with Gasteiger partial charge in [0, 0.05) is 5.54 Å². The average Bonchev–Trinajstić information content (AvgIpc) is 2.34. The minimum Gasteiger partial charge on any atom is -0.308 e. The van der Waals surface area contributed by atoms with Crippen LogP contribution in [-0.2, 0) is 4.79 Å². The zero-order chi connectivity index (χ0) is 15.4. The SMILES string of the molecule is CC(C)(C)N1C(=O)NC(C(F)(F)F)(C(F)(F)F)C1=O. The fourth-order valence-electron chi connectivity index (χ4n) is 1.68. The molecule has 1 rings (SSSR count). The van der Waals surface area contributed by atoms with E-state index < -0.39 is 35.4 Å². The Bertz CT molecular complexity index is 406. The van der Waals surface area contributed by atoms with E-state index in [-0.39, 0.29) is 4.90 Å². The highest BCUT2D eigenvalue weighted by molar-refractivity contribution is 6.08. The minimum atomic E-state index is -5.99. The Morgan fingerprint density at radius 1 is 0.947 bits per heavy atom. The van der Waals surface area contributed by atoms with E-state index in [9.17, 15) is 35.9 Å². The molecule has 110 valence electrons. The molecule has 0 aliphatic carbocycles. The molecule has 1 N–H and O–H groups in total. The second kappa shape index (κ2) is 3.76. The minimum absolute atomic E-state index is 0.0754. The van der Waals surface area contributed by atoms with Crippen molar-refractivity contribution >= 4 is 11.9 Å². The van der Waals surface area contributed by atoms with Crippen LogP contribution in [0, 0.1) is 0 Å². The van der Waals surface area contributed by atoms with Gasteiger partial charge in [0.05, 0.1) is 0 Å². The van der Waals surface area contributed by atoms with Crippen molar-refractivity contribution in [1.29, 1.82) is 0 Å². The Morgan fingerprint density at radius 2 is 1.32 bits per heavy atom. The van der Waals surface area contributed by atoms with Crippen LogP contribution in [0.5, 0.6) is 0 Å². The molecule has 1 saturated heterocycles. The van der Waals surface area contributed by atoms with Crippen LogP contribution in [0.15, 0.2) is 0 Å². The molecule has 0 unspecified atom stereocenters. The number of hydrogen-bond acceptors (Lipinski definition) is 2. The monoisotopic (exact) mass is 292 g/mol. The number of hydrogen-bond donors (Lipinski definition) is 1. The Balaban J connectivity index is 3.49. The van der Waals surface area contributed by atoms with Gasteiger partial charge in [-0.2, -0.15) is 26.3 Å². The second-order valence-corrected chi connectivity index (χ2v) is 4.99. The van der Waals surface area contributed by atoms with E-state index in [1.807, 2.05) is 0 Å². The van der Waals surface area contributed by atoms with E-state index >= 15 is 0 Å². The first-order valence-electron chi connectivity index (χ1n) is 4.96. The zero-order valence-corrected chi connectivity index (χ0v) is 10.0. The summed E-state index contributed by atoms with van der Waals surface area (Å²) in [7, 11) is 0. The number of rotatable bonds is 0. The van der Waals surface area contributed by atoms with Gasteiger partial charge < -0.3 is 5.32 Å². The Labute approximate surface area is 103 Å². The van der Waals surface area contributed by atoms with Crippen LogP contribution in [0.3, 0.4) is 0 Å². The summed E-state index contributed by atoms with van der Waals surface area (Å²) in [5.74, 6) is -2.37. The average molecular weight is 292 g/mol. The topological polar surface area (TPSA) is 49.4 Å². The van der Waals surface area contributed by atoms with Gasteiger partial charge in [0.1, 0.15) is 0 Å². The van der Waals surface area contributed by atoms with Crippen LogP contribution in [-0.4, -0.2) is 40.3 Å². The molecule has 4 nitrogen and oxygen atoms in total. The molecule has 0 radical (unpaired) electrons. The van der Waals surface area contributed by atoms with Crippen molar-refractivity contribution in [3.63, 3.8) is 0 Å². The summed E-state index contributed by atoms with van der Waals surface area (Å²) in [6, 6.07) is -1.73. The number of amides is 3. The molecule has 0 spiro atoms. The van der Waals surface area contributed by atoms with Crippen molar-refractivity contribution in [3.05, 3.63) is 0 Å². The van der Waals surface area contributed by atoms with E-state index in [2.05, 4.69) is 0 Å². The van der Waals surface area contributed by atoms with Crippen molar-refractivity contribution < 1.29 is 35.9 Å². The third-order valence-corrected chi connectivity index (χ3v) is 2.54. The summed E-state index contributed by atoms with van der Waals surface area (Å²) in [6.07, 6.45) is -12.0. The first-order chi connectivity index (χ1) is 8.16. The maximum absolute atomic E-state index is 12.7. The molecule has 1 heterocycles. The highest BCUT2D eigenvalue weighted by atomic mass is 19.4. The molecule has 1 aliphatic heterocycles. The number of nitrogens with one attached hydrogen (secondary N) is 1. The lowest BCUT2D eigenvalue weighted by Gasteiger charge is -2.33. The van der Waals surface area contributed by atoms with Crippen molar-refractivity contribution in [3.8, 4) is 0 Å². The smallest absolute Gasteiger partial charge is 0.308 e. The van der Waals surface area contributed by atoms with Gasteiger partial charge in [-0.25, -0.2) is 4.79 Å². The van der Waals surface area contributed by atoms with Gasteiger partial charge in [-0.1, -0.05) is 0 Å². The first kappa shape index (κ1) is 15.6.